The van der Waals surface area contributed by atoms with Gasteiger partial charge < -0.3 is 9.47 Å². The Balaban J connectivity index is 1.66. The molecule has 0 fully saturated rings. The van der Waals surface area contributed by atoms with E-state index >= 15 is 0 Å². The highest BCUT2D eigenvalue weighted by atomic mass is 32.1. The SMILES string of the molecule is COc1ccc(-c2cc(C(=O)OCC(=O)c3cccs3)c3ccccc3n2)cc1. The zero-order valence-corrected chi connectivity index (χ0v) is 16.4. The number of rotatable bonds is 6. The molecule has 0 aliphatic heterocycles. The summed E-state index contributed by atoms with van der Waals surface area (Å²) in [7, 11) is 1.61. The van der Waals surface area contributed by atoms with Crippen molar-refractivity contribution in [2.75, 3.05) is 13.7 Å². The van der Waals surface area contributed by atoms with Gasteiger partial charge in [-0.3, -0.25) is 4.79 Å². The van der Waals surface area contributed by atoms with Crippen molar-refractivity contribution in [2.24, 2.45) is 0 Å². The molecule has 2 aromatic carbocycles. The van der Waals surface area contributed by atoms with Gasteiger partial charge in [-0.05, 0) is 47.8 Å². The van der Waals surface area contributed by atoms with E-state index in [1.807, 2.05) is 53.9 Å². The number of ketones is 1. The molecule has 144 valence electrons. The van der Waals surface area contributed by atoms with Crippen molar-refractivity contribution in [1.82, 2.24) is 4.98 Å². The second-order valence-corrected chi connectivity index (χ2v) is 7.23. The van der Waals surface area contributed by atoms with Crippen LogP contribution in [0.2, 0.25) is 0 Å². The van der Waals surface area contributed by atoms with Crippen molar-refractivity contribution in [1.29, 1.82) is 0 Å². The second kappa shape index (κ2) is 8.24. The lowest BCUT2D eigenvalue weighted by molar-refractivity contribution is 0.0478. The van der Waals surface area contributed by atoms with Gasteiger partial charge in [0.15, 0.2) is 6.61 Å². The molecule has 0 unspecified atom stereocenters. The predicted octanol–water partition coefficient (Wildman–Crippen LogP) is 5.01. The van der Waals surface area contributed by atoms with Gasteiger partial charge in [-0.2, -0.15) is 0 Å². The third-order valence-electron chi connectivity index (χ3n) is 4.45. The highest BCUT2D eigenvalue weighted by Crippen LogP contribution is 2.27. The number of methoxy groups -OCH3 is 1. The van der Waals surface area contributed by atoms with Crippen LogP contribution in [0.4, 0.5) is 0 Å². The molecule has 0 saturated carbocycles. The molecule has 6 heteroatoms. The molecular formula is C23H17NO4S. The molecule has 2 aromatic heterocycles. The fourth-order valence-corrected chi connectivity index (χ4v) is 3.62. The molecule has 0 N–H and O–H groups in total. The van der Waals surface area contributed by atoms with E-state index in [2.05, 4.69) is 4.98 Å². The van der Waals surface area contributed by atoms with Gasteiger partial charge in [0, 0.05) is 10.9 Å². The molecule has 0 saturated heterocycles. The number of carbonyl (C=O) groups excluding carboxylic acids is 2. The lowest BCUT2D eigenvalue weighted by Crippen LogP contribution is -2.14. The minimum Gasteiger partial charge on any atom is -0.497 e. The van der Waals surface area contributed by atoms with Crippen molar-refractivity contribution in [3.63, 3.8) is 0 Å². The molecule has 29 heavy (non-hydrogen) atoms. The first-order valence-electron chi connectivity index (χ1n) is 8.94. The number of esters is 1. The monoisotopic (exact) mass is 403 g/mol. The predicted molar refractivity (Wildman–Crippen MR) is 113 cm³/mol. The molecule has 0 spiro atoms. The maximum absolute atomic E-state index is 12.8. The van der Waals surface area contributed by atoms with Gasteiger partial charge >= 0.3 is 5.97 Å². The van der Waals surface area contributed by atoms with E-state index in [1.165, 1.54) is 11.3 Å². The highest BCUT2D eigenvalue weighted by Gasteiger charge is 2.17. The minimum atomic E-state index is -0.553. The average molecular weight is 403 g/mol. The molecule has 0 atom stereocenters. The summed E-state index contributed by atoms with van der Waals surface area (Å²) in [6.07, 6.45) is 0. The van der Waals surface area contributed by atoms with E-state index in [0.29, 0.717) is 27.0 Å². The van der Waals surface area contributed by atoms with Crippen LogP contribution in [0, 0.1) is 0 Å². The van der Waals surface area contributed by atoms with Gasteiger partial charge in [0.2, 0.25) is 5.78 Å². The number of para-hydroxylation sites is 1. The second-order valence-electron chi connectivity index (χ2n) is 6.28. The summed E-state index contributed by atoms with van der Waals surface area (Å²) in [6, 6.07) is 20.0. The van der Waals surface area contributed by atoms with Crippen LogP contribution in [0.15, 0.2) is 72.1 Å². The molecule has 0 radical (unpaired) electrons. The zero-order chi connectivity index (χ0) is 20.2. The lowest BCUT2D eigenvalue weighted by atomic mass is 10.0. The van der Waals surface area contributed by atoms with Crippen LogP contribution < -0.4 is 4.74 Å². The number of Topliss-reactive ketones (excluding diaryl/α,β-unsaturated/α-hetero) is 1. The standard InChI is InChI=1S/C23H17NO4S/c1-27-16-10-8-15(9-11-16)20-13-18(17-5-2-3-6-19(17)24-20)23(26)28-14-21(25)22-7-4-12-29-22/h2-13H,14H2,1H3. The average Bonchev–Trinajstić information content (AvgIpc) is 3.31. The Labute approximate surface area is 171 Å². The van der Waals surface area contributed by atoms with Crippen molar-refractivity contribution in [2.45, 2.75) is 0 Å². The Bertz CT molecular complexity index is 1170. The maximum Gasteiger partial charge on any atom is 0.339 e. The third kappa shape index (κ3) is 4.02. The molecule has 0 bridgehead atoms. The van der Waals surface area contributed by atoms with Crippen molar-refractivity contribution in [3.8, 4) is 17.0 Å². The van der Waals surface area contributed by atoms with E-state index in [4.69, 9.17) is 9.47 Å². The quantitative estimate of drug-likeness (QED) is 0.334. The van der Waals surface area contributed by atoms with Gasteiger partial charge in [-0.25, -0.2) is 9.78 Å². The molecule has 4 rings (SSSR count). The molecular weight excluding hydrogens is 386 g/mol. The molecule has 0 aliphatic carbocycles. The Morgan fingerprint density at radius 1 is 1.00 bits per heavy atom. The smallest absolute Gasteiger partial charge is 0.339 e. The number of carbonyl (C=O) groups is 2. The first-order chi connectivity index (χ1) is 14.2. The van der Waals surface area contributed by atoms with Crippen LogP contribution in [0.5, 0.6) is 5.75 Å². The van der Waals surface area contributed by atoms with Gasteiger partial charge in [-0.1, -0.05) is 24.3 Å². The summed E-state index contributed by atoms with van der Waals surface area (Å²) in [4.78, 5) is 30.2. The van der Waals surface area contributed by atoms with Crippen LogP contribution in [0.3, 0.4) is 0 Å². The van der Waals surface area contributed by atoms with Gasteiger partial charge in [0.05, 0.1) is 28.8 Å². The van der Waals surface area contributed by atoms with Crippen LogP contribution in [0.1, 0.15) is 20.0 Å². The summed E-state index contributed by atoms with van der Waals surface area (Å²) in [6.45, 7) is -0.298. The first-order valence-corrected chi connectivity index (χ1v) is 9.82. The largest absolute Gasteiger partial charge is 0.497 e. The Hall–Kier alpha value is -3.51. The number of fused-ring (bicyclic) bond motifs is 1. The van der Waals surface area contributed by atoms with Crippen LogP contribution in [-0.2, 0) is 4.74 Å². The van der Waals surface area contributed by atoms with Gasteiger partial charge in [-0.15, -0.1) is 11.3 Å². The third-order valence-corrected chi connectivity index (χ3v) is 5.36. The van der Waals surface area contributed by atoms with Gasteiger partial charge in [0.1, 0.15) is 5.75 Å². The highest BCUT2D eigenvalue weighted by molar-refractivity contribution is 7.12. The summed E-state index contributed by atoms with van der Waals surface area (Å²) in [5.74, 6) is -0.0355. The van der Waals surface area contributed by atoms with E-state index in [1.54, 1.807) is 25.3 Å². The summed E-state index contributed by atoms with van der Waals surface area (Å²) in [5, 5.41) is 2.49. The number of benzene rings is 2. The van der Waals surface area contributed by atoms with E-state index < -0.39 is 5.97 Å². The molecule has 2 heterocycles. The van der Waals surface area contributed by atoms with Crippen LogP contribution in [0.25, 0.3) is 22.2 Å². The Morgan fingerprint density at radius 3 is 2.52 bits per heavy atom. The minimum absolute atomic E-state index is 0.220. The van der Waals surface area contributed by atoms with E-state index in [9.17, 15) is 9.59 Å². The van der Waals surface area contributed by atoms with Crippen molar-refractivity contribution >= 4 is 34.0 Å². The first kappa shape index (κ1) is 18.8. The van der Waals surface area contributed by atoms with Gasteiger partial charge in [0.25, 0.3) is 0 Å². The fraction of sp³-hybridized carbons (Fsp3) is 0.0870. The Kier molecular flexibility index (Phi) is 5.35. The Morgan fingerprint density at radius 2 is 1.79 bits per heavy atom. The molecule has 4 aromatic rings. The number of aromatic nitrogens is 1. The number of nitrogens with zero attached hydrogens (tertiary/aromatic N) is 1. The lowest BCUT2D eigenvalue weighted by Gasteiger charge is -2.10. The topological polar surface area (TPSA) is 65.5 Å². The van der Waals surface area contributed by atoms with Crippen LogP contribution >= 0.6 is 11.3 Å². The van der Waals surface area contributed by atoms with E-state index in [0.717, 1.165) is 11.3 Å². The van der Waals surface area contributed by atoms with E-state index in [-0.39, 0.29) is 12.4 Å². The normalized spacial score (nSPS) is 10.7. The van der Waals surface area contributed by atoms with Crippen molar-refractivity contribution < 1.29 is 19.1 Å². The maximum atomic E-state index is 12.8. The number of thiophene rings is 1. The fourth-order valence-electron chi connectivity index (χ4n) is 2.97. The molecule has 5 nitrogen and oxygen atoms in total. The van der Waals surface area contributed by atoms with Crippen molar-refractivity contribution in [3.05, 3.63) is 82.6 Å². The molecule has 0 aliphatic rings. The number of hydrogen-bond donors (Lipinski definition) is 0. The number of ether oxygens (including phenoxy) is 2. The van der Waals surface area contributed by atoms with Crippen LogP contribution in [-0.4, -0.2) is 30.5 Å². The summed E-state index contributed by atoms with van der Waals surface area (Å²) < 4.78 is 10.5. The number of pyridine rings is 1. The summed E-state index contributed by atoms with van der Waals surface area (Å²) >= 11 is 1.32. The molecule has 0 amide bonds. The summed E-state index contributed by atoms with van der Waals surface area (Å²) in [5.41, 5.74) is 2.54. The zero-order valence-electron chi connectivity index (χ0n) is 15.6. The number of hydrogen-bond acceptors (Lipinski definition) is 6.